The van der Waals surface area contributed by atoms with E-state index in [1.54, 1.807) is 6.92 Å². The lowest BCUT2D eigenvalue weighted by atomic mass is 10.0. The first-order chi connectivity index (χ1) is 7.72. The van der Waals surface area contributed by atoms with Crippen LogP contribution in [0.3, 0.4) is 0 Å². The molecule has 2 nitrogen and oxygen atoms in total. The highest BCUT2D eigenvalue weighted by molar-refractivity contribution is 4.61. The predicted octanol–water partition coefficient (Wildman–Crippen LogP) is 3.86. The van der Waals surface area contributed by atoms with Gasteiger partial charge in [-0.3, -0.25) is 0 Å². The zero-order valence-electron chi connectivity index (χ0n) is 11.7. The molecule has 0 aliphatic rings. The quantitative estimate of drug-likeness (QED) is 0.592. The van der Waals surface area contributed by atoms with Crippen molar-refractivity contribution < 1.29 is 5.11 Å². The van der Waals surface area contributed by atoms with E-state index in [2.05, 4.69) is 13.8 Å². The molecule has 0 aromatic carbocycles. The Morgan fingerprint density at radius 2 is 1.19 bits per heavy atom. The van der Waals surface area contributed by atoms with Crippen LogP contribution in [0, 0.1) is 0 Å². The summed E-state index contributed by atoms with van der Waals surface area (Å²) in [6.45, 7) is 6.42. The van der Waals surface area contributed by atoms with Crippen LogP contribution in [0.15, 0.2) is 0 Å². The molecule has 0 saturated heterocycles. The zero-order valence-corrected chi connectivity index (χ0v) is 11.7. The Morgan fingerprint density at radius 1 is 0.812 bits per heavy atom. The van der Waals surface area contributed by atoms with Gasteiger partial charge in [-0.15, -0.1) is 0 Å². The first-order valence-corrected chi connectivity index (χ1v) is 7.09. The number of aliphatic hydroxyl groups excluding tert-OH is 1. The van der Waals surface area contributed by atoms with Gasteiger partial charge in [0.2, 0.25) is 0 Å². The molecule has 100 valence electrons. The van der Waals surface area contributed by atoms with Crippen LogP contribution in [0.2, 0.25) is 0 Å². The summed E-state index contributed by atoms with van der Waals surface area (Å²) in [6, 6.07) is 0.475. The SMILES string of the molecule is CCCCCCC(N)CCCCC.CCO. The second-order valence-electron chi connectivity index (χ2n) is 4.42. The Kier molecular flexibility index (Phi) is 19.8. The van der Waals surface area contributed by atoms with Crippen molar-refractivity contribution in [2.75, 3.05) is 6.61 Å². The maximum atomic E-state index is 7.57. The molecule has 1 unspecified atom stereocenters. The molecular formula is C14H33NO. The molecular weight excluding hydrogens is 198 g/mol. The molecule has 0 aliphatic heterocycles. The molecule has 0 heterocycles. The fraction of sp³-hybridized carbons (Fsp3) is 1.00. The Hall–Kier alpha value is -0.0800. The second kappa shape index (κ2) is 17.3. The number of hydrogen-bond donors (Lipinski definition) is 2. The van der Waals surface area contributed by atoms with E-state index < -0.39 is 0 Å². The van der Waals surface area contributed by atoms with Gasteiger partial charge in [-0.05, 0) is 19.8 Å². The predicted molar refractivity (Wildman–Crippen MR) is 73.6 cm³/mol. The minimum Gasteiger partial charge on any atom is -0.397 e. The van der Waals surface area contributed by atoms with E-state index in [0.29, 0.717) is 6.04 Å². The summed E-state index contributed by atoms with van der Waals surface area (Å²) in [7, 11) is 0. The van der Waals surface area contributed by atoms with Crippen molar-refractivity contribution >= 4 is 0 Å². The number of aliphatic hydroxyl groups is 1. The van der Waals surface area contributed by atoms with Crippen molar-refractivity contribution in [1.29, 1.82) is 0 Å². The lowest BCUT2D eigenvalue weighted by Crippen LogP contribution is -2.19. The average molecular weight is 231 g/mol. The summed E-state index contributed by atoms with van der Waals surface area (Å²) in [5.41, 5.74) is 6.00. The summed E-state index contributed by atoms with van der Waals surface area (Å²) >= 11 is 0. The highest BCUT2D eigenvalue weighted by Crippen LogP contribution is 2.09. The minimum atomic E-state index is 0.250. The number of hydrogen-bond acceptors (Lipinski definition) is 2. The molecule has 0 bridgehead atoms. The average Bonchev–Trinajstić information content (AvgIpc) is 2.26. The minimum absolute atomic E-state index is 0.250. The second-order valence-corrected chi connectivity index (χ2v) is 4.42. The number of nitrogens with two attached hydrogens (primary N) is 1. The third kappa shape index (κ3) is 19.5. The van der Waals surface area contributed by atoms with Crippen molar-refractivity contribution in [3.63, 3.8) is 0 Å². The summed E-state index contributed by atoms with van der Waals surface area (Å²) in [5, 5.41) is 7.57. The Labute approximate surface area is 103 Å². The normalized spacial score (nSPS) is 11.8. The molecule has 3 N–H and O–H groups in total. The summed E-state index contributed by atoms with van der Waals surface area (Å²) in [5.74, 6) is 0. The molecule has 0 fully saturated rings. The monoisotopic (exact) mass is 231 g/mol. The fourth-order valence-corrected chi connectivity index (χ4v) is 1.63. The number of unbranched alkanes of at least 4 members (excludes halogenated alkanes) is 5. The van der Waals surface area contributed by atoms with Crippen LogP contribution in [0.1, 0.15) is 78.6 Å². The lowest BCUT2D eigenvalue weighted by Gasteiger charge is -2.10. The van der Waals surface area contributed by atoms with Crippen LogP contribution < -0.4 is 5.73 Å². The van der Waals surface area contributed by atoms with Crippen LogP contribution in [-0.4, -0.2) is 17.8 Å². The van der Waals surface area contributed by atoms with E-state index in [9.17, 15) is 0 Å². The third-order valence-electron chi connectivity index (χ3n) is 2.61. The Bertz CT molecular complexity index is 107. The van der Waals surface area contributed by atoms with Gasteiger partial charge in [-0.2, -0.15) is 0 Å². The molecule has 2 heteroatoms. The van der Waals surface area contributed by atoms with Crippen molar-refractivity contribution in [3.8, 4) is 0 Å². The van der Waals surface area contributed by atoms with Gasteiger partial charge in [0.05, 0.1) is 0 Å². The molecule has 0 aliphatic carbocycles. The van der Waals surface area contributed by atoms with Gasteiger partial charge in [0.25, 0.3) is 0 Å². The largest absolute Gasteiger partial charge is 0.397 e. The van der Waals surface area contributed by atoms with Gasteiger partial charge in [-0.25, -0.2) is 0 Å². The standard InChI is InChI=1S/C12H27N.C2H6O/c1-3-5-7-9-11-12(13)10-8-6-4-2;1-2-3/h12H,3-11,13H2,1-2H3;3H,2H2,1H3. The highest BCUT2D eigenvalue weighted by Gasteiger charge is 2.00. The molecule has 0 spiro atoms. The molecule has 0 amide bonds. The van der Waals surface area contributed by atoms with E-state index in [1.807, 2.05) is 0 Å². The van der Waals surface area contributed by atoms with Crippen LogP contribution in [-0.2, 0) is 0 Å². The Morgan fingerprint density at radius 3 is 1.62 bits per heavy atom. The molecule has 0 aromatic heterocycles. The van der Waals surface area contributed by atoms with E-state index >= 15 is 0 Å². The van der Waals surface area contributed by atoms with Crippen molar-refractivity contribution in [3.05, 3.63) is 0 Å². The van der Waals surface area contributed by atoms with Crippen molar-refractivity contribution in [2.45, 2.75) is 84.6 Å². The molecule has 1 atom stereocenters. The smallest absolute Gasteiger partial charge is 0.0402 e. The zero-order chi connectivity index (χ0) is 12.6. The van der Waals surface area contributed by atoms with Gasteiger partial charge in [-0.1, -0.05) is 58.8 Å². The maximum absolute atomic E-state index is 7.57. The fourth-order valence-electron chi connectivity index (χ4n) is 1.63. The maximum Gasteiger partial charge on any atom is 0.0402 e. The van der Waals surface area contributed by atoms with Crippen molar-refractivity contribution in [2.24, 2.45) is 5.73 Å². The van der Waals surface area contributed by atoms with Gasteiger partial charge < -0.3 is 10.8 Å². The van der Waals surface area contributed by atoms with Crippen molar-refractivity contribution in [1.82, 2.24) is 0 Å². The molecule has 0 rings (SSSR count). The topological polar surface area (TPSA) is 46.2 Å². The van der Waals surface area contributed by atoms with Gasteiger partial charge >= 0.3 is 0 Å². The van der Waals surface area contributed by atoms with E-state index in [4.69, 9.17) is 10.8 Å². The van der Waals surface area contributed by atoms with Gasteiger partial charge in [0.1, 0.15) is 0 Å². The van der Waals surface area contributed by atoms with E-state index in [1.165, 1.54) is 57.8 Å². The molecule has 0 aromatic rings. The molecule has 16 heavy (non-hydrogen) atoms. The van der Waals surface area contributed by atoms with Crippen LogP contribution in [0.25, 0.3) is 0 Å². The highest BCUT2D eigenvalue weighted by atomic mass is 16.2. The lowest BCUT2D eigenvalue weighted by molar-refractivity contribution is 0.318. The summed E-state index contributed by atoms with van der Waals surface area (Å²) < 4.78 is 0. The van der Waals surface area contributed by atoms with Gasteiger partial charge in [0, 0.05) is 12.6 Å². The third-order valence-corrected chi connectivity index (χ3v) is 2.61. The summed E-state index contributed by atoms with van der Waals surface area (Å²) in [4.78, 5) is 0. The molecule has 0 radical (unpaired) electrons. The van der Waals surface area contributed by atoms with Gasteiger partial charge in [0.15, 0.2) is 0 Å². The number of rotatable bonds is 9. The molecule has 0 saturated carbocycles. The van der Waals surface area contributed by atoms with E-state index in [0.717, 1.165) is 0 Å². The first-order valence-electron chi connectivity index (χ1n) is 7.09. The van der Waals surface area contributed by atoms with Crippen LogP contribution in [0.5, 0.6) is 0 Å². The van der Waals surface area contributed by atoms with Crippen LogP contribution in [0.4, 0.5) is 0 Å². The first kappa shape index (κ1) is 18.3. The Balaban J connectivity index is 0. The summed E-state index contributed by atoms with van der Waals surface area (Å²) in [6.07, 6.45) is 11.9. The van der Waals surface area contributed by atoms with E-state index in [-0.39, 0.29) is 6.61 Å². The van der Waals surface area contributed by atoms with Crippen LogP contribution >= 0.6 is 0 Å².